The Labute approximate surface area is 167 Å². The lowest BCUT2D eigenvalue weighted by molar-refractivity contribution is -0.202. The van der Waals surface area contributed by atoms with Crippen LogP contribution < -0.4 is 11.2 Å². The Balaban J connectivity index is 1.67. The first-order chi connectivity index (χ1) is 13.6. The number of nitrogens with zero attached hydrogens (tertiary/aromatic N) is 2. The first kappa shape index (κ1) is 21.3. The van der Waals surface area contributed by atoms with Crippen molar-refractivity contribution in [3.63, 3.8) is 0 Å². The van der Waals surface area contributed by atoms with Gasteiger partial charge in [-0.25, -0.2) is 4.79 Å². The Morgan fingerprint density at radius 3 is 2.59 bits per heavy atom. The van der Waals surface area contributed by atoms with Crippen LogP contribution in [0.4, 0.5) is 0 Å². The topological polar surface area (TPSA) is 142 Å². The van der Waals surface area contributed by atoms with E-state index in [0.29, 0.717) is 38.8 Å². The van der Waals surface area contributed by atoms with Crippen LogP contribution in [-0.4, -0.2) is 67.4 Å². The number of carbonyl (C=O) groups excluding carboxylic acids is 1. The summed E-state index contributed by atoms with van der Waals surface area (Å²) in [6, 6.07) is 0.677. The maximum atomic E-state index is 12.3. The second-order valence-electron chi connectivity index (χ2n) is 8.19. The molecule has 2 aliphatic rings. The maximum absolute atomic E-state index is 12.3. The number of aromatic amines is 1. The van der Waals surface area contributed by atoms with Crippen molar-refractivity contribution >= 4 is 11.9 Å². The lowest BCUT2D eigenvalue weighted by Crippen LogP contribution is -2.58. The summed E-state index contributed by atoms with van der Waals surface area (Å²) in [6.45, 7) is 2.58. The van der Waals surface area contributed by atoms with Gasteiger partial charge in [0.2, 0.25) is 5.91 Å². The zero-order chi connectivity index (χ0) is 21.2. The summed E-state index contributed by atoms with van der Waals surface area (Å²) in [5.74, 6) is -0.987. The third-order valence-electron chi connectivity index (χ3n) is 5.95. The standard InChI is InChI=1S/C19H27N3O7/c1-18(28)12-29-19(11-13(18)22-8-5-14(23)20-17(22)27)6-9-21(10-7-19)15(24)3-2-4-16(25)26/h5,8,13,28H,2-4,6-7,9-12H2,1H3,(H,25,26)(H,20,23,27)/t13-,18-/m0/s1. The molecule has 10 nitrogen and oxygen atoms in total. The molecular formula is C19H27N3O7. The van der Waals surface area contributed by atoms with Gasteiger partial charge in [0.1, 0.15) is 5.60 Å². The summed E-state index contributed by atoms with van der Waals surface area (Å²) in [4.78, 5) is 50.4. The van der Waals surface area contributed by atoms with Gasteiger partial charge in [-0.2, -0.15) is 0 Å². The van der Waals surface area contributed by atoms with E-state index < -0.39 is 34.5 Å². The maximum Gasteiger partial charge on any atom is 0.328 e. The van der Waals surface area contributed by atoms with Crippen molar-refractivity contribution in [1.82, 2.24) is 14.5 Å². The molecule has 29 heavy (non-hydrogen) atoms. The Morgan fingerprint density at radius 1 is 1.28 bits per heavy atom. The van der Waals surface area contributed by atoms with Crippen molar-refractivity contribution < 1.29 is 24.5 Å². The van der Waals surface area contributed by atoms with Crippen molar-refractivity contribution in [3.05, 3.63) is 33.1 Å². The minimum atomic E-state index is -1.28. The second-order valence-corrected chi connectivity index (χ2v) is 8.19. The summed E-state index contributed by atoms with van der Waals surface area (Å²) in [5, 5.41) is 19.5. The minimum Gasteiger partial charge on any atom is -0.481 e. The van der Waals surface area contributed by atoms with E-state index in [-0.39, 0.29) is 25.4 Å². The van der Waals surface area contributed by atoms with Crippen molar-refractivity contribution in [1.29, 1.82) is 0 Å². The lowest BCUT2D eigenvalue weighted by atomic mass is 9.77. The number of hydrogen-bond donors (Lipinski definition) is 3. The van der Waals surface area contributed by atoms with Gasteiger partial charge in [-0.05, 0) is 26.2 Å². The van der Waals surface area contributed by atoms with E-state index >= 15 is 0 Å². The molecule has 3 N–H and O–H groups in total. The number of aliphatic carboxylic acids is 1. The Morgan fingerprint density at radius 2 is 1.97 bits per heavy atom. The number of amides is 1. The van der Waals surface area contributed by atoms with Gasteiger partial charge < -0.3 is 19.8 Å². The number of aliphatic hydroxyl groups is 1. The van der Waals surface area contributed by atoms with Crippen molar-refractivity contribution in [2.24, 2.45) is 0 Å². The first-order valence-electron chi connectivity index (χ1n) is 9.79. The van der Waals surface area contributed by atoms with Gasteiger partial charge in [-0.1, -0.05) is 0 Å². The number of aromatic nitrogens is 2. The van der Waals surface area contributed by atoms with Crippen LogP contribution in [0.15, 0.2) is 21.9 Å². The van der Waals surface area contributed by atoms with E-state index in [1.807, 2.05) is 0 Å². The summed E-state index contributed by atoms with van der Waals surface area (Å²) in [7, 11) is 0. The number of hydrogen-bond acceptors (Lipinski definition) is 6. The highest BCUT2D eigenvalue weighted by atomic mass is 16.5. The smallest absolute Gasteiger partial charge is 0.328 e. The number of piperidine rings is 1. The average molecular weight is 409 g/mol. The largest absolute Gasteiger partial charge is 0.481 e. The molecule has 1 aromatic rings. The number of carboxylic acids is 1. The van der Waals surface area contributed by atoms with E-state index in [2.05, 4.69) is 4.98 Å². The van der Waals surface area contributed by atoms with Crippen LogP contribution in [0.3, 0.4) is 0 Å². The molecule has 2 aliphatic heterocycles. The third kappa shape index (κ3) is 4.76. The highest BCUT2D eigenvalue weighted by Gasteiger charge is 2.49. The summed E-state index contributed by atoms with van der Waals surface area (Å²) >= 11 is 0. The van der Waals surface area contributed by atoms with Gasteiger partial charge in [-0.15, -0.1) is 0 Å². The van der Waals surface area contributed by atoms with Gasteiger partial charge in [0, 0.05) is 44.6 Å². The predicted molar refractivity (Wildman–Crippen MR) is 102 cm³/mol. The fraction of sp³-hybridized carbons (Fsp3) is 0.684. The number of H-pyrrole nitrogens is 1. The van der Waals surface area contributed by atoms with Crippen LogP contribution in [0.2, 0.25) is 0 Å². The molecule has 0 aromatic carbocycles. The Kier molecular flexibility index (Phi) is 5.95. The normalized spacial score (nSPS) is 26.4. The zero-order valence-electron chi connectivity index (χ0n) is 16.4. The van der Waals surface area contributed by atoms with Crippen LogP contribution in [0.1, 0.15) is 51.5 Å². The lowest BCUT2D eigenvalue weighted by Gasteiger charge is -2.51. The second kappa shape index (κ2) is 8.11. The molecule has 0 bridgehead atoms. The van der Waals surface area contributed by atoms with Gasteiger partial charge in [0.25, 0.3) is 5.56 Å². The van der Waals surface area contributed by atoms with Gasteiger partial charge in [-0.3, -0.25) is 23.9 Å². The Bertz CT molecular complexity index is 880. The Hall–Kier alpha value is -2.46. The number of carboxylic acid groups (broad SMARTS) is 1. The molecule has 0 saturated carbocycles. The SMILES string of the molecule is C[C@]1(O)COC2(CCN(C(=O)CCCC(=O)O)CC2)C[C@@H]1n1ccc(=O)[nH]c1=O. The molecule has 2 atom stereocenters. The highest BCUT2D eigenvalue weighted by Crippen LogP contribution is 2.43. The molecule has 0 aliphatic carbocycles. The van der Waals surface area contributed by atoms with Gasteiger partial charge >= 0.3 is 11.7 Å². The van der Waals surface area contributed by atoms with Crippen molar-refractivity contribution in [3.8, 4) is 0 Å². The summed E-state index contributed by atoms with van der Waals surface area (Å²) in [6.07, 6.45) is 3.37. The zero-order valence-corrected chi connectivity index (χ0v) is 16.4. The molecule has 2 fully saturated rings. The van der Waals surface area contributed by atoms with E-state index in [1.165, 1.54) is 16.8 Å². The van der Waals surface area contributed by atoms with Crippen LogP contribution >= 0.6 is 0 Å². The van der Waals surface area contributed by atoms with Crippen LogP contribution in [0.5, 0.6) is 0 Å². The van der Waals surface area contributed by atoms with Crippen LogP contribution in [-0.2, 0) is 14.3 Å². The molecule has 3 heterocycles. The van der Waals surface area contributed by atoms with Gasteiger partial charge in [0.15, 0.2) is 0 Å². The third-order valence-corrected chi connectivity index (χ3v) is 5.95. The predicted octanol–water partition coefficient (Wildman–Crippen LogP) is -0.135. The fourth-order valence-corrected chi connectivity index (χ4v) is 4.16. The molecule has 1 spiro atoms. The first-order valence-corrected chi connectivity index (χ1v) is 9.79. The molecule has 1 aromatic heterocycles. The molecule has 160 valence electrons. The van der Waals surface area contributed by atoms with Gasteiger partial charge in [0.05, 0.1) is 18.2 Å². The summed E-state index contributed by atoms with van der Waals surface area (Å²) < 4.78 is 7.37. The number of nitrogens with one attached hydrogen (secondary N) is 1. The van der Waals surface area contributed by atoms with Crippen molar-refractivity contribution in [2.45, 2.75) is 62.7 Å². The van der Waals surface area contributed by atoms with E-state index in [4.69, 9.17) is 9.84 Å². The number of rotatable bonds is 5. The number of ether oxygens (including phenoxy) is 1. The van der Waals surface area contributed by atoms with Crippen LogP contribution in [0.25, 0.3) is 0 Å². The van der Waals surface area contributed by atoms with Crippen molar-refractivity contribution in [2.75, 3.05) is 19.7 Å². The highest BCUT2D eigenvalue weighted by molar-refractivity contribution is 5.77. The molecule has 2 saturated heterocycles. The fourth-order valence-electron chi connectivity index (χ4n) is 4.16. The molecule has 0 radical (unpaired) electrons. The minimum absolute atomic E-state index is 0.0304. The van der Waals surface area contributed by atoms with Crippen LogP contribution in [0, 0.1) is 0 Å². The quantitative estimate of drug-likeness (QED) is 0.615. The molecule has 0 unspecified atom stereocenters. The van der Waals surface area contributed by atoms with E-state index in [1.54, 1.807) is 11.8 Å². The monoisotopic (exact) mass is 409 g/mol. The molecule has 3 rings (SSSR count). The van der Waals surface area contributed by atoms with E-state index in [9.17, 15) is 24.3 Å². The van der Waals surface area contributed by atoms with E-state index in [0.717, 1.165) is 0 Å². The molecule has 1 amide bonds. The summed E-state index contributed by atoms with van der Waals surface area (Å²) in [5.41, 5.74) is -2.93. The molecule has 10 heteroatoms. The number of carbonyl (C=O) groups is 2. The number of likely N-dealkylation sites (tertiary alicyclic amines) is 1. The molecular weight excluding hydrogens is 382 g/mol. The average Bonchev–Trinajstić information content (AvgIpc) is 2.65.